The Balaban J connectivity index is 1.57. The molecule has 2 heterocycles. The number of benzene rings is 3. The molecule has 0 radical (unpaired) electrons. The van der Waals surface area contributed by atoms with Crippen LogP contribution < -0.4 is 10.6 Å². The third-order valence-corrected chi connectivity index (χ3v) is 5.37. The summed E-state index contributed by atoms with van der Waals surface area (Å²) in [4.78, 5) is 0. The van der Waals surface area contributed by atoms with Gasteiger partial charge in [-0.15, -0.1) is 0 Å². The van der Waals surface area contributed by atoms with E-state index in [0.717, 1.165) is 40.8 Å². The van der Waals surface area contributed by atoms with Gasteiger partial charge in [0.15, 0.2) is 0 Å². The number of hydrogen-bond acceptors (Lipinski definition) is 3. The summed E-state index contributed by atoms with van der Waals surface area (Å²) in [5, 5.41) is 15.9. The summed E-state index contributed by atoms with van der Waals surface area (Å²) < 4.78 is 0. The fraction of sp³-hybridized carbons (Fsp3) is 0.125. The number of hydrogen-bond donors (Lipinski definition) is 3. The Bertz CT molecular complexity index is 1230. The minimum atomic E-state index is -0.235. The van der Waals surface area contributed by atoms with Crippen molar-refractivity contribution in [2.75, 3.05) is 5.32 Å². The normalized spacial score (nSPS) is 13.6. The molecule has 4 nitrogen and oxygen atoms in total. The van der Waals surface area contributed by atoms with Crippen molar-refractivity contribution in [3.63, 3.8) is 0 Å². The van der Waals surface area contributed by atoms with Crippen molar-refractivity contribution in [3.8, 4) is 11.8 Å². The highest BCUT2D eigenvalue weighted by Crippen LogP contribution is 2.30. The van der Waals surface area contributed by atoms with E-state index < -0.39 is 0 Å². The highest BCUT2D eigenvalue weighted by Gasteiger charge is 2.16. The number of aromatic nitrogens is 2. The van der Waals surface area contributed by atoms with Gasteiger partial charge in [-0.05, 0) is 53.1 Å². The van der Waals surface area contributed by atoms with Crippen LogP contribution >= 0.6 is 11.6 Å². The molecule has 0 fully saturated rings. The van der Waals surface area contributed by atoms with E-state index in [1.807, 2.05) is 48.7 Å². The molecule has 0 aliphatic carbocycles. The van der Waals surface area contributed by atoms with Gasteiger partial charge in [-0.3, -0.25) is 5.10 Å². The van der Waals surface area contributed by atoms with Crippen molar-refractivity contribution in [3.05, 3.63) is 94.1 Å². The monoisotopic (exact) mass is 398 g/mol. The van der Waals surface area contributed by atoms with Crippen LogP contribution in [0.4, 0.5) is 5.69 Å². The van der Waals surface area contributed by atoms with Crippen LogP contribution in [-0.2, 0) is 13.1 Å². The van der Waals surface area contributed by atoms with Crippen LogP contribution in [0.25, 0.3) is 10.9 Å². The van der Waals surface area contributed by atoms with Gasteiger partial charge >= 0.3 is 0 Å². The number of rotatable bonds is 3. The average Bonchev–Trinajstić information content (AvgIpc) is 3.40. The molecular formula is C24H19ClN4. The van der Waals surface area contributed by atoms with Gasteiger partial charge in [0, 0.05) is 34.7 Å². The summed E-state index contributed by atoms with van der Waals surface area (Å²) >= 11 is 6.39. The predicted molar refractivity (Wildman–Crippen MR) is 118 cm³/mol. The van der Waals surface area contributed by atoms with Gasteiger partial charge in [0.05, 0.1) is 11.7 Å². The molecule has 1 aliphatic rings. The number of nitrogens with zero attached hydrogens (tertiary/aromatic N) is 1. The summed E-state index contributed by atoms with van der Waals surface area (Å²) in [6.07, 6.45) is 1.83. The SMILES string of the molecule is Clc1cc([C@H](C#Cc2ccccc2)Nc2ccc3c(c2)CNC3)c2cn[nH]c2c1. The summed E-state index contributed by atoms with van der Waals surface area (Å²) in [6.45, 7) is 1.82. The van der Waals surface area contributed by atoms with Crippen LogP contribution in [0, 0.1) is 11.8 Å². The second-order valence-electron chi connectivity index (χ2n) is 7.13. The highest BCUT2D eigenvalue weighted by molar-refractivity contribution is 6.31. The molecule has 4 aromatic rings. The molecule has 5 heteroatoms. The first-order valence-electron chi connectivity index (χ1n) is 9.54. The lowest BCUT2D eigenvalue weighted by molar-refractivity contribution is 0.765. The second-order valence-corrected chi connectivity index (χ2v) is 7.56. The molecule has 1 atom stereocenters. The van der Waals surface area contributed by atoms with E-state index in [9.17, 15) is 0 Å². The van der Waals surface area contributed by atoms with Crippen molar-refractivity contribution < 1.29 is 0 Å². The van der Waals surface area contributed by atoms with Gasteiger partial charge in [0.2, 0.25) is 0 Å². The Morgan fingerprint density at radius 1 is 1.00 bits per heavy atom. The van der Waals surface area contributed by atoms with Crippen molar-refractivity contribution in [1.29, 1.82) is 0 Å². The van der Waals surface area contributed by atoms with Gasteiger partial charge in [0.25, 0.3) is 0 Å². The molecule has 142 valence electrons. The van der Waals surface area contributed by atoms with Crippen LogP contribution in [0.3, 0.4) is 0 Å². The van der Waals surface area contributed by atoms with Gasteiger partial charge in [-0.1, -0.05) is 47.7 Å². The smallest absolute Gasteiger partial charge is 0.115 e. The lowest BCUT2D eigenvalue weighted by atomic mass is 10.0. The first kappa shape index (κ1) is 17.8. The van der Waals surface area contributed by atoms with Crippen molar-refractivity contribution in [2.45, 2.75) is 19.1 Å². The minimum Gasteiger partial charge on any atom is -0.368 e. The van der Waals surface area contributed by atoms with Crippen LogP contribution in [0.15, 0.2) is 66.9 Å². The maximum Gasteiger partial charge on any atom is 0.115 e. The summed E-state index contributed by atoms with van der Waals surface area (Å²) in [7, 11) is 0. The molecule has 5 rings (SSSR count). The average molecular weight is 399 g/mol. The van der Waals surface area contributed by atoms with E-state index in [1.165, 1.54) is 11.1 Å². The molecule has 0 unspecified atom stereocenters. The summed E-state index contributed by atoms with van der Waals surface area (Å²) in [6, 6.07) is 20.1. The fourth-order valence-electron chi connectivity index (χ4n) is 3.70. The molecule has 1 aliphatic heterocycles. The number of aromatic amines is 1. The fourth-order valence-corrected chi connectivity index (χ4v) is 3.93. The number of fused-ring (bicyclic) bond motifs is 2. The van der Waals surface area contributed by atoms with Gasteiger partial charge < -0.3 is 10.6 Å². The zero-order valence-electron chi connectivity index (χ0n) is 15.7. The summed E-state index contributed by atoms with van der Waals surface area (Å²) in [5.41, 5.74) is 6.59. The van der Waals surface area contributed by atoms with Gasteiger partial charge in [-0.2, -0.15) is 5.10 Å². The Morgan fingerprint density at radius 2 is 1.86 bits per heavy atom. The molecule has 0 spiro atoms. The van der Waals surface area contributed by atoms with Crippen LogP contribution in [-0.4, -0.2) is 10.2 Å². The first-order chi connectivity index (χ1) is 14.3. The topological polar surface area (TPSA) is 52.7 Å². The molecule has 0 bridgehead atoms. The molecule has 3 N–H and O–H groups in total. The molecule has 0 saturated carbocycles. The number of H-pyrrole nitrogens is 1. The lowest BCUT2D eigenvalue weighted by Crippen LogP contribution is -2.10. The Kier molecular flexibility index (Phi) is 4.69. The predicted octanol–water partition coefficient (Wildman–Crippen LogP) is 5.02. The zero-order chi connectivity index (χ0) is 19.6. The van der Waals surface area contributed by atoms with Crippen molar-refractivity contribution in [1.82, 2.24) is 15.5 Å². The largest absolute Gasteiger partial charge is 0.368 e. The van der Waals surface area contributed by atoms with Crippen molar-refractivity contribution >= 4 is 28.2 Å². The maximum absolute atomic E-state index is 6.39. The van der Waals surface area contributed by atoms with Crippen molar-refractivity contribution in [2.24, 2.45) is 0 Å². The van der Waals surface area contributed by atoms with Crippen LogP contribution in [0.2, 0.25) is 5.02 Å². The molecule has 3 aromatic carbocycles. The summed E-state index contributed by atoms with van der Waals surface area (Å²) in [5.74, 6) is 6.69. The molecular weight excluding hydrogens is 380 g/mol. The van der Waals surface area contributed by atoms with E-state index in [4.69, 9.17) is 11.6 Å². The third kappa shape index (κ3) is 3.71. The number of nitrogens with one attached hydrogen (secondary N) is 3. The second kappa shape index (κ2) is 7.63. The van der Waals surface area contributed by atoms with E-state index >= 15 is 0 Å². The van der Waals surface area contributed by atoms with Crippen LogP contribution in [0.1, 0.15) is 28.3 Å². The van der Waals surface area contributed by atoms with E-state index in [2.05, 4.69) is 50.9 Å². The Labute approximate surface area is 174 Å². The first-order valence-corrected chi connectivity index (χ1v) is 9.92. The number of anilines is 1. The molecule has 1 aromatic heterocycles. The quantitative estimate of drug-likeness (QED) is 0.424. The molecule has 29 heavy (non-hydrogen) atoms. The zero-order valence-corrected chi connectivity index (χ0v) is 16.4. The standard InChI is InChI=1S/C24H19ClN4/c25-19-11-21(22-15-27-29-24(22)12-19)23(9-6-16-4-2-1-3-5-16)28-20-8-7-17-13-26-14-18(17)10-20/h1-5,7-8,10-12,15,23,26,28H,13-14H2,(H,27,29)/t23-/m0/s1. The number of halogens is 1. The Hall–Kier alpha value is -3.26. The van der Waals surface area contributed by atoms with E-state index in [0.29, 0.717) is 5.02 Å². The third-order valence-electron chi connectivity index (χ3n) is 5.15. The highest BCUT2D eigenvalue weighted by atomic mass is 35.5. The minimum absolute atomic E-state index is 0.235. The van der Waals surface area contributed by atoms with Gasteiger partial charge in [-0.25, -0.2) is 0 Å². The van der Waals surface area contributed by atoms with Crippen LogP contribution in [0.5, 0.6) is 0 Å². The lowest BCUT2D eigenvalue weighted by Gasteiger charge is -2.17. The molecule has 0 amide bonds. The van der Waals surface area contributed by atoms with E-state index in [-0.39, 0.29) is 6.04 Å². The Morgan fingerprint density at radius 3 is 2.76 bits per heavy atom. The van der Waals surface area contributed by atoms with E-state index in [1.54, 1.807) is 0 Å². The maximum atomic E-state index is 6.39. The van der Waals surface area contributed by atoms with Gasteiger partial charge in [0.1, 0.15) is 6.04 Å². The molecule has 0 saturated heterocycles.